The summed E-state index contributed by atoms with van der Waals surface area (Å²) in [7, 11) is 0. The van der Waals surface area contributed by atoms with Crippen LogP contribution in [-0.2, 0) is 0 Å². The number of aromatic nitrogens is 2. The molecule has 2 aromatic rings. The maximum atomic E-state index is 13.2. The number of aryl methyl sites for hydroxylation is 2. The molecule has 3 nitrogen and oxygen atoms in total. The third-order valence-electron chi connectivity index (χ3n) is 2.33. The summed E-state index contributed by atoms with van der Waals surface area (Å²) >= 11 is 0. The van der Waals surface area contributed by atoms with Crippen LogP contribution >= 0.6 is 0 Å². The van der Waals surface area contributed by atoms with Gasteiger partial charge < -0.3 is 4.98 Å². The van der Waals surface area contributed by atoms with Gasteiger partial charge in [0.15, 0.2) is 5.82 Å². The molecule has 0 bridgehead atoms. The number of hydrogen-bond acceptors (Lipinski definition) is 2. The first-order valence-corrected chi connectivity index (χ1v) is 4.36. The molecule has 0 radical (unpaired) electrons. The number of rotatable bonds is 0. The second-order valence-electron chi connectivity index (χ2n) is 3.39. The van der Waals surface area contributed by atoms with Crippen molar-refractivity contribution in [1.82, 2.24) is 9.97 Å². The Balaban J connectivity index is 2.99. The monoisotopic (exact) mass is 210 g/mol. The van der Waals surface area contributed by atoms with E-state index in [2.05, 4.69) is 9.97 Å². The molecule has 2 rings (SSSR count). The fourth-order valence-electron chi connectivity index (χ4n) is 1.42. The number of nitrogens with zero attached hydrogens (tertiary/aromatic N) is 1. The van der Waals surface area contributed by atoms with E-state index in [0.717, 1.165) is 0 Å². The molecule has 0 saturated carbocycles. The van der Waals surface area contributed by atoms with Crippen LogP contribution in [0.1, 0.15) is 11.1 Å². The van der Waals surface area contributed by atoms with Gasteiger partial charge in [-0.3, -0.25) is 4.79 Å². The molecule has 0 atom stereocenters. The van der Waals surface area contributed by atoms with E-state index in [4.69, 9.17) is 0 Å². The summed E-state index contributed by atoms with van der Waals surface area (Å²) in [4.78, 5) is 17.0. The van der Waals surface area contributed by atoms with E-state index in [0.29, 0.717) is 10.9 Å². The van der Waals surface area contributed by atoms with Gasteiger partial charge in [-0.25, -0.2) is 4.39 Å². The summed E-state index contributed by atoms with van der Waals surface area (Å²) in [5.74, 6) is -2.17. The maximum Gasteiger partial charge on any atom is 0.252 e. The van der Waals surface area contributed by atoms with Crippen molar-refractivity contribution in [2.75, 3.05) is 0 Å². The number of pyridine rings is 2. The molecule has 0 fully saturated rings. The van der Waals surface area contributed by atoms with Gasteiger partial charge in [0.05, 0.1) is 0 Å². The van der Waals surface area contributed by atoms with Crippen LogP contribution < -0.4 is 5.56 Å². The van der Waals surface area contributed by atoms with E-state index in [-0.39, 0.29) is 16.8 Å². The Hall–Kier alpha value is -1.78. The van der Waals surface area contributed by atoms with Crippen molar-refractivity contribution in [1.29, 1.82) is 0 Å². The highest BCUT2D eigenvalue weighted by atomic mass is 19.2. The summed E-state index contributed by atoms with van der Waals surface area (Å²) < 4.78 is 26.1. The summed E-state index contributed by atoms with van der Waals surface area (Å²) in [6.07, 6.45) is 0. The van der Waals surface area contributed by atoms with Gasteiger partial charge in [0, 0.05) is 16.5 Å². The van der Waals surface area contributed by atoms with Crippen molar-refractivity contribution < 1.29 is 8.78 Å². The first kappa shape index (κ1) is 9.76. The molecular formula is C10H8F2N2O. The molecule has 2 aromatic heterocycles. The topological polar surface area (TPSA) is 45.8 Å². The van der Waals surface area contributed by atoms with Crippen LogP contribution in [0.3, 0.4) is 0 Å². The summed E-state index contributed by atoms with van der Waals surface area (Å²) in [6, 6.07) is 1.50. The molecule has 2 heterocycles. The van der Waals surface area contributed by atoms with E-state index >= 15 is 0 Å². The second kappa shape index (κ2) is 3.12. The third kappa shape index (κ3) is 1.40. The fourth-order valence-corrected chi connectivity index (χ4v) is 1.42. The van der Waals surface area contributed by atoms with E-state index in [9.17, 15) is 13.6 Å². The molecule has 0 saturated heterocycles. The van der Waals surface area contributed by atoms with Gasteiger partial charge in [-0.2, -0.15) is 9.37 Å². The largest absolute Gasteiger partial charge is 0.306 e. The quantitative estimate of drug-likeness (QED) is 0.674. The SMILES string of the molecule is Cc1cc2c(C)c(F)c(F)nc2[nH]c1=O. The van der Waals surface area contributed by atoms with Gasteiger partial charge in [0.25, 0.3) is 11.5 Å². The van der Waals surface area contributed by atoms with Crippen LogP contribution in [0.2, 0.25) is 0 Å². The van der Waals surface area contributed by atoms with Crippen LogP contribution in [0, 0.1) is 25.6 Å². The van der Waals surface area contributed by atoms with Gasteiger partial charge in [-0.1, -0.05) is 0 Å². The number of aromatic amines is 1. The summed E-state index contributed by atoms with van der Waals surface area (Å²) in [5.41, 5.74) is 0.317. The van der Waals surface area contributed by atoms with E-state index in [1.54, 1.807) is 6.92 Å². The van der Waals surface area contributed by atoms with Crippen molar-refractivity contribution in [3.05, 3.63) is 39.3 Å². The molecule has 0 aliphatic rings. The molecule has 15 heavy (non-hydrogen) atoms. The van der Waals surface area contributed by atoms with Crippen LogP contribution in [0.15, 0.2) is 10.9 Å². The van der Waals surface area contributed by atoms with E-state index in [1.165, 1.54) is 13.0 Å². The lowest BCUT2D eigenvalue weighted by atomic mass is 10.1. The Morgan fingerprint density at radius 1 is 1.33 bits per heavy atom. The number of fused-ring (bicyclic) bond motifs is 1. The average Bonchev–Trinajstić information content (AvgIpc) is 2.19. The van der Waals surface area contributed by atoms with Crippen LogP contribution in [-0.4, -0.2) is 9.97 Å². The molecule has 78 valence electrons. The fraction of sp³-hybridized carbons (Fsp3) is 0.200. The van der Waals surface area contributed by atoms with Crippen molar-refractivity contribution in [3.8, 4) is 0 Å². The van der Waals surface area contributed by atoms with Gasteiger partial charge in [0.1, 0.15) is 5.65 Å². The molecule has 5 heteroatoms. The summed E-state index contributed by atoms with van der Waals surface area (Å²) in [5, 5.41) is 0.422. The molecule has 0 unspecified atom stereocenters. The Kier molecular flexibility index (Phi) is 2.03. The highest BCUT2D eigenvalue weighted by Gasteiger charge is 2.12. The Bertz CT molecular complexity index is 604. The zero-order valence-corrected chi connectivity index (χ0v) is 8.19. The highest BCUT2D eigenvalue weighted by molar-refractivity contribution is 5.78. The Morgan fingerprint density at radius 3 is 2.67 bits per heavy atom. The predicted molar refractivity (Wildman–Crippen MR) is 51.8 cm³/mol. The lowest BCUT2D eigenvalue weighted by Crippen LogP contribution is -2.11. The maximum absolute atomic E-state index is 13.2. The smallest absolute Gasteiger partial charge is 0.252 e. The normalized spacial score (nSPS) is 10.9. The minimum absolute atomic E-state index is 0.0713. The summed E-state index contributed by atoms with van der Waals surface area (Å²) in [6.45, 7) is 3.04. The van der Waals surface area contributed by atoms with E-state index < -0.39 is 11.8 Å². The number of hydrogen-bond donors (Lipinski definition) is 1. The standard InChI is InChI=1S/C10H8F2N2O/c1-4-3-6-5(2)7(11)8(12)13-9(6)14-10(4)15/h3H,1-2H3,(H,13,14,15). The molecule has 0 amide bonds. The minimum Gasteiger partial charge on any atom is -0.306 e. The first-order valence-electron chi connectivity index (χ1n) is 4.36. The van der Waals surface area contributed by atoms with Crippen molar-refractivity contribution >= 4 is 11.0 Å². The van der Waals surface area contributed by atoms with Crippen molar-refractivity contribution in [2.24, 2.45) is 0 Å². The van der Waals surface area contributed by atoms with Gasteiger partial charge in [0.2, 0.25) is 0 Å². The second-order valence-corrected chi connectivity index (χ2v) is 3.39. The zero-order chi connectivity index (χ0) is 11.2. The van der Waals surface area contributed by atoms with Crippen molar-refractivity contribution in [2.45, 2.75) is 13.8 Å². The van der Waals surface area contributed by atoms with Crippen LogP contribution in [0.4, 0.5) is 8.78 Å². The Labute approximate surface area is 83.8 Å². The zero-order valence-electron chi connectivity index (χ0n) is 8.19. The number of halogens is 2. The van der Waals surface area contributed by atoms with Gasteiger partial charge >= 0.3 is 0 Å². The molecule has 0 aliphatic heterocycles. The van der Waals surface area contributed by atoms with Crippen LogP contribution in [0.25, 0.3) is 11.0 Å². The number of H-pyrrole nitrogens is 1. The van der Waals surface area contributed by atoms with Crippen LogP contribution in [0.5, 0.6) is 0 Å². The number of nitrogens with one attached hydrogen (secondary N) is 1. The minimum atomic E-state index is -1.19. The van der Waals surface area contributed by atoms with E-state index in [1.807, 2.05) is 0 Å². The van der Waals surface area contributed by atoms with Crippen molar-refractivity contribution in [3.63, 3.8) is 0 Å². The lowest BCUT2D eigenvalue weighted by molar-refractivity contribution is 0.478. The molecular weight excluding hydrogens is 202 g/mol. The predicted octanol–water partition coefficient (Wildman–Crippen LogP) is 1.82. The Morgan fingerprint density at radius 2 is 2.00 bits per heavy atom. The molecule has 1 N–H and O–H groups in total. The molecule has 0 aromatic carbocycles. The molecule has 0 aliphatic carbocycles. The average molecular weight is 210 g/mol. The van der Waals surface area contributed by atoms with Gasteiger partial charge in [-0.15, -0.1) is 0 Å². The first-order chi connectivity index (χ1) is 7.00. The lowest BCUT2D eigenvalue weighted by Gasteiger charge is -2.04. The highest BCUT2D eigenvalue weighted by Crippen LogP contribution is 2.18. The molecule has 0 spiro atoms. The third-order valence-corrected chi connectivity index (χ3v) is 2.33. The van der Waals surface area contributed by atoms with Gasteiger partial charge in [-0.05, 0) is 19.9 Å².